The molecule has 19 heavy (non-hydrogen) atoms. The van der Waals surface area contributed by atoms with Crippen LogP contribution in [0.1, 0.15) is 31.9 Å². The lowest BCUT2D eigenvalue weighted by atomic mass is 10.1. The monoisotopic (exact) mass is 286 g/mol. The van der Waals surface area contributed by atoms with E-state index in [2.05, 4.69) is 26.1 Å². The average molecular weight is 287 g/mol. The van der Waals surface area contributed by atoms with Gasteiger partial charge in [0.25, 0.3) is 0 Å². The number of halogens is 1. The van der Waals surface area contributed by atoms with Crippen LogP contribution in [0.2, 0.25) is 5.02 Å². The highest BCUT2D eigenvalue weighted by atomic mass is 35.5. The third-order valence-corrected chi connectivity index (χ3v) is 3.45. The van der Waals surface area contributed by atoms with Crippen LogP contribution in [0.15, 0.2) is 12.1 Å². The first-order valence-corrected chi connectivity index (χ1v) is 6.99. The molecule has 3 N–H and O–H groups in total. The van der Waals surface area contributed by atoms with Gasteiger partial charge in [0.15, 0.2) is 0 Å². The fraction of sp³-hybridized carbons (Fsp3) is 0.600. The van der Waals surface area contributed by atoms with Gasteiger partial charge >= 0.3 is 0 Å². The summed E-state index contributed by atoms with van der Waals surface area (Å²) in [6, 6.07) is 3.80. The molecule has 0 amide bonds. The van der Waals surface area contributed by atoms with Gasteiger partial charge in [-0.15, -0.1) is 0 Å². The molecule has 0 fully saturated rings. The minimum Gasteiger partial charge on any atom is -0.491 e. The molecule has 0 saturated heterocycles. The fourth-order valence-corrected chi connectivity index (χ4v) is 1.85. The van der Waals surface area contributed by atoms with E-state index >= 15 is 0 Å². The van der Waals surface area contributed by atoms with E-state index in [1.165, 1.54) is 0 Å². The Balaban J connectivity index is 2.48. The predicted molar refractivity (Wildman–Crippen MR) is 79.0 cm³/mol. The summed E-state index contributed by atoms with van der Waals surface area (Å²) in [4.78, 5) is 0. The van der Waals surface area contributed by atoms with Crippen molar-refractivity contribution in [3.63, 3.8) is 0 Å². The Morgan fingerprint density at radius 3 is 2.26 bits per heavy atom. The number of rotatable bonds is 5. The smallest absolute Gasteiger partial charge is 0.137 e. The second-order valence-electron chi connectivity index (χ2n) is 6.14. The highest BCUT2D eigenvalue weighted by molar-refractivity contribution is 6.32. The number of nitrogens with two attached hydrogens (primary N) is 1. The lowest BCUT2D eigenvalue weighted by Crippen LogP contribution is -2.96. The van der Waals surface area contributed by atoms with Crippen LogP contribution in [0.25, 0.3) is 0 Å². The lowest BCUT2D eigenvalue weighted by Gasteiger charge is -2.19. The van der Waals surface area contributed by atoms with Crippen molar-refractivity contribution in [1.82, 2.24) is 0 Å². The molecule has 0 aliphatic rings. The predicted octanol–water partition coefficient (Wildman–Crippen LogP) is 2.06. The minimum absolute atomic E-state index is 0.119. The molecule has 1 aromatic rings. The van der Waals surface area contributed by atoms with E-state index in [1.54, 1.807) is 0 Å². The summed E-state index contributed by atoms with van der Waals surface area (Å²) in [6.45, 7) is 11.2. The van der Waals surface area contributed by atoms with Gasteiger partial charge in [-0.25, -0.2) is 0 Å². The van der Waals surface area contributed by atoms with Gasteiger partial charge in [-0.2, -0.15) is 0 Å². The molecule has 0 bridgehead atoms. The SMILES string of the molecule is Cc1cc(OCC(O)C[NH2+]C(C)(C)C)cc(C)c1Cl. The zero-order chi connectivity index (χ0) is 14.6. The van der Waals surface area contributed by atoms with Gasteiger partial charge in [0.1, 0.15) is 25.0 Å². The van der Waals surface area contributed by atoms with Crippen LogP contribution in [-0.4, -0.2) is 29.9 Å². The normalized spacial score (nSPS) is 13.4. The lowest BCUT2D eigenvalue weighted by molar-refractivity contribution is -0.722. The van der Waals surface area contributed by atoms with Crippen molar-refractivity contribution in [2.75, 3.05) is 13.2 Å². The molecule has 0 aliphatic heterocycles. The van der Waals surface area contributed by atoms with E-state index in [0.717, 1.165) is 21.9 Å². The molecule has 1 atom stereocenters. The number of aliphatic hydroxyl groups excluding tert-OH is 1. The zero-order valence-corrected chi connectivity index (χ0v) is 13.2. The third kappa shape index (κ3) is 5.81. The van der Waals surface area contributed by atoms with Gasteiger partial charge in [0, 0.05) is 5.02 Å². The summed E-state index contributed by atoms with van der Waals surface area (Å²) >= 11 is 6.10. The van der Waals surface area contributed by atoms with Crippen molar-refractivity contribution < 1.29 is 15.2 Å². The van der Waals surface area contributed by atoms with Gasteiger partial charge in [-0.3, -0.25) is 0 Å². The minimum atomic E-state index is -0.476. The summed E-state index contributed by atoms with van der Waals surface area (Å²) in [5, 5.41) is 12.8. The summed E-state index contributed by atoms with van der Waals surface area (Å²) in [6.07, 6.45) is -0.476. The molecule has 0 saturated carbocycles. The molecule has 4 heteroatoms. The molecule has 0 radical (unpaired) electrons. The summed E-state index contributed by atoms with van der Waals surface area (Å²) in [5.74, 6) is 0.759. The highest BCUT2D eigenvalue weighted by Crippen LogP contribution is 2.25. The third-order valence-electron chi connectivity index (χ3n) is 2.85. The Kier molecular flexibility index (Phi) is 5.65. The van der Waals surface area contributed by atoms with E-state index in [0.29, 0.717) is 13.2 Å². The standard InChI is InChI=1S/C15H24ClNO2/c1-10-6-13(7-11(2)14(10)16)19-9-12(18)8-17-15(3,4)5/h6-7,12,17-18H,8-9H2,1-5H3/p+1. The van der Waals surface area contributed by atoms with Gasteiger partial charge < -0.3 is 15.2 Å². The van der Waals surface area contributed by atoms with Crippen molar-refractivity contribution in [2.24, 2.45) is 0 Å². The van der Waals surface area contributed by atoms with E-state index in [4.69, 9.17) is 16.3 Å². The summed E-state index contributed by atoms with van der Waals surface area (Å²) in [7, 11) is 0. The summed E-state index contributed by atoms with van der Waals surface area (Å²) < 4.78 is 5.62. The molecule has 1 unspecified atom stereocenters. The molecule has 108 valence electrons. The Hall–Kier alpha value is -0.770. The second-order valence-corrected chi connectivity index (χ2v) is 6.52. The maximum absolute atomic E-state index is 9.88. The van der Waals surface area contributed by atoms with Crippen molar-refractivity contribution in [2.45, 2.75) is 46.3 Å². The molecule has 3 nitrogen and oxygen atoms in total. The number of aliphatic hydroxyl groups is 1. The first-order chi connectivity index (χ1) is 8.69. The number of benzene rings is 1. The topological polar surface area (TPSA) is 46.1 Å². The Bertz CT molecular complexity index is 404. The second kappa shape index (κ2) is 6.60. The van der Waals surface area contributed by atoms with Crippen molar-refractivity contribution in [3.05, 3.63) is 28.3 Å². The summed E-state index contributed by atoms with van der Waals surface area (Å²) in [5.41, 5.74) is 2.11. The molecule has 0 heterocycles. The van der Waals surface area contributed by atoms with Crippen LogP contribution in [0.4, 0.5) is 0 Å². The van der Waals surface area contributed by atoms with E-state index in [-0.39, 0.29) is 5.54 Å². The van der Waals surface area contributed by atoms with Crippen LogP contribution < -0.4 is 10.1 Å². The highest BCUT2D eigenvalue weighted by Gasteiger charge is 2.16. The maximum Gasteiger partial charge on any atom is 0.137 e. The molecule has 0 spiro atoms. The molecular formula is C15H25ClNO2+. The molecule has 0 aliphatic carbocycles. The fourth-order valence-electron chi connectivity index (χ4n) is 1.74. The van der Waals surface area contributed by atoms with Gasteiger partial charge in [0.05, 0.1) is 5.54 Å². The average Bonchev–Trinajstić information content (AvgIpc) is 2.29. The number of hydrogen-bond acceptors (Lipinski definition) is 2. The van der Waals surface area contributed by atoms with Crippen LogP contribution in [-0.2, 0) is 0 Å². The Labute approximate surface area is 120 Å². The van der Waals surface area contributed by atoms with Crippen molar-refractivity contribution in [1.29, 1.82) is 0 Å². The first-order valence-electron chi connectivity index (χ1n) is 6.61. The first kappa shape index (κ1) is 16.3. The largest absolute Gasteiger partial charge is 0.491 e. The van der Waals surface area contributed by atoms with E-state index in [1.807, 2.05) is 26.0 Å². The van der Waals surface area contributed by atoms with Crippen LogP contribution in [0.3, 0.4) is 0 Å². The molecule has 0 aromatic heterocycles. The number of aryl methyl sites for hydroxylation is 2. The molecule has 1 rings (SSSR count). The molecular weight excluding hydrogens is 262 g/mol. The zero-order valence-electron chi connectivity index (χ0n) is 12.5. The van der Waals surface area contributed by atoms with Crippen LogP contribution in [0.5, 0.6) is 5.75 Å². The maximum atomic E-state index is 9.88. The number of ether oxygens (including phenoxy) is 1. The van der Waals surface area contributed by atoms with E-state index < -0.39 is 6.10 Å². The van der Waals surface area contributed by atoms with Crippen LogP contribution >= 0.6 is 11.6 Å². The van der Waals surface area contributed by atoms with Crippen molar-refractivity contribution in [3.8, 4) is 5.75 Å². The molecule has 1 aromatic carbocycles. The van der Waals surface area contributed by atoms with Crippen molar-refractivity contribution >= 4 is 11.6 Å². The van der Waals surface area contributed by atoms with Gasteiger partial charge in [0.2, 0.25) is 0 Å². The van der Waals surface area contributed by atoms with E-state index in [9.17, 15) is 5.11 Å². The van der Waals surface area contributed by atoms with Gasteiger partial charge in [-0.05, 0) is 57.9 Å². The quantitative estimate of drug-likeness (QED) is 0.870. The van der Waals surface area contributed by atoms with Gasteiger partial charge in [-0.1, -0.05) is 11.6 Å². The Morgan fingerprint density at radius 1 is 1.26 bits per heavy atom. The number of hydrogen-bond donors (Lipinski definition) is 2. The Morgan fingerprint density at radius 2 is 1.79 bits per heavy atom. The van der Waals surface area contributed by atoms with Crippen LogP contribution in [0, 0.1) is 13.8 Å². The number of quaternary nitrogens is 1.